The van der Waals surface area contributed by atoms with E-state index < -0.39 is 5.60 Å². The maximum absolute atomic E-state index is 10.3. The van der Waals surface area contributed by atoms with Gasteiger partial charge in [-0.3, -0.25) is 0 Å². The molecule has 1 unspecified atom stereocenters. The lowest BCUT2D eigenvalue weighted by Crippen LogP contribution is -2.44. The van der Waals surface area contributed by atoms with Crippen molar-refractivity contribution in [1.82, 2.24) is 4.90 Å². The lowest BCUT2D eigenvalue weighted by atomic mass is 10.00. The summed E-state index contributed by atoms with van der Waals surface area (Å²) in [4.78, 5) is 2.29. The summed E-state index contributed by atoms with van der Waals surface area (Å²) in [5.41, 5.74) is 5.17. The summed E-state index contributed by atoms with van der Waals surface area (Å²) in [7, 11) is 2.11. The van der Waals surface area contributed by atoms with Gasteiger partial charge >= 0.3 is 0 Å². The molecule has 0 saturated heterocycles. The number of hydrogen-bond donors (Lipinski definition) is 2. The Kier molecular flexibility index (Phi) is 5.03. The molecule has 1 aliphatic carbocycles. The summed E-state index contributed by atoms with van der Waals surface area (Å²) < 4.78 is 0. The molecule has 1 aliphatic rings. The normalized spacial score (nSPS) is 22.2. The quantitative estimate of drug-likeness (QED) is 0.702. The van der Waals surface area contributed by atoms with Crippen molar-refractivity contribution in [1.29, 1.82) is 0 Å². The third kappa shape index (κ3) is 3.74. The van der Waals surface area contributed by atoms with E-state index in [2.05, 4.69) is 18.9 Å². The summed E-state index contributed by atoms with van der Waals surface area (Å²) in [5.74, 6) is 0. The number of likely N-dealkylation sites (N-methyl/N-ethyl adjacent to an activating group) is 1. The molecule has 0 aromatic heterocycles. The third-order valence-corrected chi connectivity index (χ3v) is 3.67. The Hall–Kier alpha value is -0.120. The first kappa shape index (κ1) is 12.9. The fourth-order valence-corrected chi connectivity index (χ4v) is 2.71. The Labute approximate surface area is 93.6 Å². The molecule has 0 aliphatic heterocycles. The Balaban J connectivity index is 2.41. The fourth-order valence-electron chi connectivity index (χ4n) is 2.71. The lowest BCUT2D eigenvalue weighted by molar-refractivity contribution is 0.00408. The first-order chi connectivity index (χ1) is 7.11. The molecular formula is C12H26N2O. The van der Waals surface area contributed by atoms with Crippen LogP contribution in [0, 0.1) is 0 Å². The Morgan fingerprint density at radius 3 is 2.47 bits per heavy atom. The van der Waals surface area contributed by atoms with Gasteiger partial charge in [-0.1, -0.05) is 19.8 Å². The van der Waals surface area contributed by atoms with Crippen molar-refractivity contribution >= 4 is 0 Å². The SMILES string of the molecule is CCC(CCN)N(C)CC1(O)CCCC1. The van der Waals surface area contributed by atoms with Gasteiger partial charge in [0.15, 0.2) is 0 Å². The van der Waals surface area contributed by atoms with Crippen molar-refractivity contribution in [3.05, 3.63) is 0 Å². The Morgan fingerprint density at radius 1 is 1.40 bits per heavy atom. The van der Waals surface area contributed by atoms with E-state index in [1.54, 1.807) is 0 Å². The zero-order valence-electron chi connectivity index (χ0n) is 10.2. The smallest absolute Gasteiger partial charge is 0.0774 e. The van der Waals surface area contributed by atoms with Gasteiger partial charge in [0, 0.05) is 12.6 Å². The molecule has 0 aromatic carbocycles. The van der Waals surface area contributed by atoms with E-state index in [0.29, 0.717) is 6.04 Å². The topological polar surface area (TPSA) is 49.5 Å². The second-order valence-electron chi connectivity index (χ2n) is 4.99. The van der Waals surface area contributed by atoms with Gasteiger partial charge in [0.2, 0.25) is 0 Å². The molecule has 0 radical (unpaired) electrons. The summed E-state index contributed by atoms with van der Waals surface area (Å²) in [6, 6.07) is 0.527. The van der Waals surface area contributed by atoms with E-state index >= 15 is 0 Å². The highest BCUT2D eigenvalue weighted by Crippen LogP contribution is 2.30. The van der Waals surface area contributed by atoms with Crippen LogP contribution in [-0.4, -0.2) is 41.8 Å². The molecule has 90 valence electrons. The van der Waals surface area contributed by atoms with Crippen LogP contribution in [0.15, 0.2) is 0 Å². The van der Waals surface area contributed by atoms with E-state index in [0.717, 1.165) is 38.8 Å². The van der Waals surface area contributed by atoms with Crippen LogP contribution in [0.5, 0.6) is 0 Å². The van der Waals surface area contributed by atoms with Crippen LogP contribution in [0.25, 0.3) is 0 Å². The van der Waals surface area contributed by atoms with E-state index in [9.17, 15) is 5.11 Å². The summed E-state index contributed by atoms with van der Waals surface area (Å²) in [6.07, 6.45) is 6.44. The predicted octanol–water partition coefficient (Wildman–Crippen LogP) is 1.35. The molecule has 0 amide bonds. The molecule has 0 spiro atoms. The van der Waals surface area contributed by atoms with Gasteiger partial charge in [0.25, 0.3) is 0 Å². The van der Waals surface area contributed by atoms with Gasteiger partial charge in [-0.05, 0) is 39.3 Å². The maximum Gasteiger partial charge on any atom is 0.0774 e. The molecular weight excluding hydrogens is 188 g/mol. The van der Waals surface area contributed by atoms with E-state index in [4.69, 9.17) is 5.73 Å². The minimum Gasteiger partial charge on any atom is -0.389 e. The van der Waals surface area contributed by atoms with Gasteiger partial charge in [-0.25, -0.2) is 0 Å². The van der Waals surface area contributed by atoms with E-state index in [1.165, 1.54) is 12.8 Å². The van der Waals surface area contributed by atoms with Crippen molar-refractivity contribution in [2.75, 3.05) is 20.1 Å². The number of nitrogens with two attached hydrogens (primary N) is 1. The summed E-state index contributed by atoms with van der Waals surface area (Å²) in [5, 5.41) is 10.3. The highest BCUT2D eigenvalue weighted by Gasteiger charge is 2.33. The molecule has 0 bridgehead atoms. The number of aliphatic hydroxyl groups is 1. The standard InChI is InChI=1S/C12H26N2O/c1-3-11(6-9-13)14(2)10-12(15)7-4-5-8-12/h11,15H,3-10,13H2,1-2H3. The highest BCUT2D eigenvalue weighted by atomic mass is 16.3. The number of rotatable bonds is 6. The maximum atomic E-state index is 10.3. The van der Waals surface area contributed by atoms with E-state index in [-0.39, 0.29) is 0 Å². The molecule has 3 N–H and O–H groups in total. The monoisotopic (exact) mass is 214 g/mol. The second kappa shape index (κ2) is 5.83. The number of hydrogen-bond acceptors (Lipinski definition) is 3. The molecule has 1 rings (SSSR count). The molecule has 1 atom stereocenters. The second-order valence-corrected chi connectivity index (χ2v) is 4.99. The van der Waals surface area contributed by atoms with Crippen LogP contribution in [0.1, 0.15) is 45.4 Å². The number of nitrogens with zero attached hydrogens (tertiary/aromatic N) is 1. The van der Waals surface area contributed by atoms with Gasteiger partial charge in [0.1, 0.15) is 0 Å². The minimum atomic E-state index is -0.420. The molecule has 1 saturated carbocycles. The Morgan fingerprint density at radius 2 is 2.00 bits per heavy atom. The summed E-state index contributed by atoms with van der Waals surface area (Å²) >= 11 is 0. The molecule has 15 heavy (non-hydrogen) atoms. The molecule has 3 nitrogen and oxygen atoms in total. The first-order valence-electron chi connectivity index (χ1n) is 6.24. The third-order valence-electron chi connectivity index (χ3n) is 3.67. The zero-order chi connectivity index (χ0) is 11.3. The van der Waals surface area contributed by atoms with Crippen molar-refractivity contribution < 1.29 is 5.11 Å². The highest BCUT2D eigenvalue weighted by molar-refractivity contribution is 4.88. The van der Waals surface area contributed by atoms with Crippen LogP contribution >= 0.6 is 0 Å². The molecule has 1 fully saturated rings. The average Bonchev–Trinajstić information content (AvgIpc) is 2.60. The van der Waals surface area contributed by atoms with Crippen LogP contribution < -0.4 is 5.73 Å². The molecule has 3 heteroatoms. The van der Waals surface area contributed by atoms with Crippen LogP contribution in [0.2, 0.25) is 0 Å². The predicted molar refractivity (Wildman–Crippen MR) is 63.8 cm³/mol. The first-order valence-corrected chi connectivity index (χ1v) is 6.24. The molecule has 0 aromatic rings. The largest absolute Gasteiger partial charge is 0.389 e. The van der Waals surface area contributed by atoms with Gasteiger partial charge in [0.05, 0.1) is 5.60 Å². The lowest BCUT2D eigenvalue weighted by Gasteiger charge is -2.33. The van der Waals surface area contributed by atoms with Crippen molar-refractivity contribution in [2.24, 2.45) is 5.73 Å². The van der Waals surface area contributed by atoms with Gasteiger partial charge in [-0.2, -0.15) is 0 Å². The Bertz CT molecular complexity index is 178. The average molecular weight is 214 g/mol. The van der Waals surface area contributed by atoms with Crippen molar-refractivity contribution in [2.45, 2.75) is 57.1 Å². The van der Waals surface area contributed by atoms with Gasteiger partial charge in [-0.15, -0.1) is 0 Å². The van der Waals surface area contributed by atoms with Gasteiger partial charge < -0.3 is 15.7 Å². The van der Waals surface area contributed by atoms with Crippen LogP contribution in [0.4, 0.5) is 0 Å². The minimum absolute atomic E-state index is 0.420. The van der Waals surface area contributed by atoms with Crippen molar-refractivity contribution in [3.8, 4) is 0 Å². The van der Waals surface area contributed by atoms with Crippen LogP contribution in [0.3, 0.4) is 0 Å². The summed E-state index contributed by atoms with van der Waals surface area (Å²) in [6.45, 7) is 3.74. The van der Waals surface area contributed by atoms with E-state index in [1.807, 2.05) is 0 Å². The molecule has 0 heterocycles. The zero-order valence-corrected chi connectivity index (χ0v) is 10.2. The van der Waals surface area contributed by atoms with Crippen molar-refractivity contribution in [3.63, 3.8) is 0 Å². The fraction of sp³-hybridized carbons (Fsp3) is 1.00. The van der Waals surface area contributed by atoms with Crippen LogP contribution in [-0.2, 0) is 0 Å².